The zero-order chi connectivity index (χ0) is 24.6. The number of rotatable bonds is 6. The van der Waals surface area contributed by atoms with Gasteiger partial charge in [-0.2, -0.15) is 0 Å². The van der Waals surface area contributed by atoms with Gasteiger partial charge in [-0.3, -0.25) is 9.59 Å². The summed E-state index contributed by atoms with van der Waals surface area (Å²) in [7, 11) is 0. The molecule has 2 heterocycles. The van der Waals surface area contributed by atoms with E-state index in [1.54, 1.807) is 4.90 Å². The molecule has 0 saturated heterocycles. The summed E-state index contributed by atoms with van der Waals surface area (Å²) in [6.45, 7) is 7.36. The lowest BCUT2D eigenvalue weighted by molar-refractivity contribution is -0.134. The molecule has 0 bridgehead atoms. The third kappa shape index (κ3) is 4.35. The topological polar surface area (TPSA) is 67.2 Å². The molecular weight excluding hydrogens is 436 g/mol. The lowest BCUT2D eigenvalue weighted by atomic mass is 9.77. The van der Waals surface area contributed by atoms with Gasteiger partial charge in [-0.05, 0) is 55.7 Å². The van der Waals surface area contributed by atoms with Crippen molar-refractivity contribution in [2.45, 2.75) is 71.0 Å². The van der Waals surface area contributed by atoms with Crippen LogP contribution in [0.3, 0.4) is 0 Å². The Kier molecular flexibility index (Phi) is 6.39. The predicted octanol–water partition coefficient (Wildman–Crippen LogP) is 4.82. The molecule has 2 amide bonds. The minimum Gasteiger partial charge on any atom is -0.351 e. The van der Waals surface area contributed by atoms with Crippen molar-refractivity contribution in [1.29, 1.82) is 0 Å². The van der Waals surface area contributed by atoms with Crippen LogP contribution >= 0.6 is 0 Å². The number of imidazole rings is 1. The fourth-order valence-electron chi connectivity index (χ4n) is 5.88. The summed E-state index contributed by atoms with van der Waals surface area (Å²) in [5.74, 6) is 1.21. The molecule has 1 aromatic heterocycles. The molecule has 2 aliphatic rings. The zero-order valence-electron chi connectivity index (χ0n) is 21.0. The van der Waals surface area contributed by atoms with Crippen LogP contribution in [0.5, 0.6) is 0 Å². The highest BCUT2D eigenvalue weighted by molar-refractivity contribution is 6.01. The molecule has 2 aromatic carbocycles. The van der Waals surface area contributed by atoms with Gasteiger partial charge in [0.2, 0.25) is 5.91 Å². The number of nitrogens with zero attached hydrogens (tertiary/aromatic N) is 3. The third-order valence-electron chi connectivity index (χ3n) is 8.36. The summed E-state index contributed by atoms with van der Waals surface area (Å²) in [5.41, 5.74) is 1.95. The monoisotopic (exact) mass is 472 g/mol. The van der Waals surface area contributed by atoms with E-state index in [1.165, 1.54) is 12.0 Å². The molecule has 1 aliphatic carbocycles. The summed E-state index contributed by atoms with van der Waals surface area (Å²) < 4.78 is 1.94. The van der Waals surface area contributed by atoms with E-state index in [0.717, 1.165) is 36.7 Å². The Morgan fingerprint density at radius 3 is 2.63 bits per heavy atom. The Labute approximate surface area is 207 Å². The molecule has 35 heavy (non-hydrogen) atoms. The molecule has 1 aliphatic heterocycles. The minimum absolute atomic E-state index is 0.0556. The quantitative estimate of drug-likeness (QED) is 0.559. The van der Waals surface area contributed by atoms with E-state index in [1.807, 2.05) is 54.0 Å². The molecule has 1 N–H and O–H groups in total. The standard InChI is InChI=1S/C29H36N4O2/c1-20-11-9-16-23(21(20)2)31-28(35)29(3)19-32-25-17-8-7-15-24(25)30-26(32)27(34)33(29)18-10-14-22-12-5-4-6-13-22/h4-8,12-13,15,17,20-21,23H,9-11,14,16,18-19H2,1-3H3,(H,31,35). The van der Waals surface area contributed by atoms with Crippen molar-refractivity contribution in [3.8, 4) is 0 Å². The van der Waals surface area contributed by atoms with E-state index in [4.69, 9.17) is 0 Å². The van der Waals surface area contributed by atoms with Crippen LogP contribution in [0.4, 0.5) is 0 Å². The normalized spacial score (nSPS) is 26.5. The maximum absolute atomic E-state index is 14.0. The van der Waals surface area contributed by atoms with Crippen LogP contribution in [-0.2, 0) is 17.8 Å². The minimum atomic E-state index is -0.982. The molecule has 184 valence electrons. The third-order valence-corrected chi connectivity index (χ3v) is 8.36. The Morgan fingerprint density at radius 1 is 1.09 bits per heavy atom. The van der Waals surface area contributed by atoms with Gasteiger partial charge in [-0.1, -0.05) is 69.2 Å². The van der Waals surface area contributed by atoms with Gasteiger partial charge in [0.05, 0.1) is 17.6 Å². The van der Waals surface area contributed by atoms with Crippen molar-refractivity contribution >= 4 is 22.8 Å². The summed E-state index contributed by atoms with van der Waals surface area (Å²) in [4.78, 5) is 34.2. The van der Waals surface area contributed by atoms with E-state index < -0.39 is 5.54 Å². The number of amides is 2. The molecule has 3 aromatic rings. The molecule has 6 nitrogen and oxygen atoms in total. The summed E-state index contributed by atoms with van der Waals surface area (Å²) in [5, 5.41) is 3.37. The zero-order valence-corrected chi connectivity index (χ0v) is 21.0. The van der Waals surface area contributed by atoms with Crippen LogP contribution in [0, 0.1) is 11.8 Å². The first-order valence-corrected chi connectivity index (χ1v) is 13.0. The first-order chi connectivity index (χ1) is 16.9. The Morgan fingerprint density at radius 2 is 1.83 bits per heavy atom. The van der Waals surface area contributed by atoms with Gasteiger partial charge >= 0.3 is 0 Å². The number of benzene rings is 2. The summed E-state index contributed by atoms with van der Waals surface area (Å²) in [6, 6.07) is 18.2. The second-order valence-electron chi connectivity index (χ2n) is 10.7. The van der Waals surface area contributed by atoms with Gasteiger partial charge in [0.15, 0.2) is 5.82 Å². The number of para-hydroxylation sites is 2. The SMILES string of the molecule is CC1CCCC(NC(=O)C2(C)Cn3c(nc4ccccc43)C(=O)N2CCCc2ccccc2)C1C. The second kappa shape index (κ2) is 9.48. The molecular formula is C29H36N4O2. The van der Waals surface area contributed by atoms with E-state index in [0.29, 0.717) is 30.7 Å². The van der Waals surface area contributed by atoms with Gasteiger partial charge in [-0.25, -0.2) is 4.98 Å². The average Bonchev–Trinajstić information content (AvgIpc) is 3.23. The van der Waals surface area contributed by atoms with Gasteiger partial charge < -0.3 is 14.8 Å². The lowest BCUT2D eigenvalue weighted by Gasteiger charge is -2.45. The first-order valence-electron chi connectivity index (χ1n) is 13.0. The number of aromatic nitrogens is 2. The summed E-state index contributed by atoms with van der Waals surface area (Å²) in [6.07, 6.45) is 4.97. The molecule has 6 heteroatoms. The van der Waals surface area contributed by atoms with Gasteiger partial charge in [0.25, 0.3) is 5.91 Å². The number of aryl methyl sites for hydroxylation is 1. The van der Waals surface area contributed by atoms with Crippen LogP contribution in [-0.4, -0.2) is 44.4 Å². The molecule has 1 saturated carbocycles. The fraction of sp³-hybridized carbons (Fsp3) is 0.483. The van der Waals surface area contributed by atoms with E-state index in [9.17, 15) is 9.59 Å². The van der Waals surface area contributed by atoms with Crippen molar-refractivity contribution in [1.82, 2.24) is 19.8 Å². The molecule has 1 fully saturated rings. The van der Waals surface area contributed by atoms with Crippen LogP contribution in [0.15, 0.2) is 54.6 Å². The number of fused-ring (bicyclic) bond motifs is 3. The van der Waals surface area contributed by atoms with Crippen LogP contribution in [0.1, 0.15) is 62.6 Å². The first kappa shape index (κ1) is 23.6. The molecule has 4 unspecified atom stereocenters. The Balaban J connectivity index is 1.45. The van der Waals surface area contributed by atoms with Crippen LogP contribution in [0.2, 0.25) is 0 Å². The molecule has 4 atom stereocenters. The van der Waals surface area contributed by atoms with E-state index >= 15 is 0 Å². The molecule has 5 rings (SSSR count). The maximum atomic E-state index is 14.0. The highest BCUT2D eigenvalue weighted by Crippen LogP contribution is 2.33. The van der Waals surface area contributed by atoms with Crippen molar-refractivity contribution in [3.63, 3.8) is 0 Å². The number of carbonyl (C=O) groups excluding carboxylic acids is 2. The largest absolute Gasteiger partial charge is 0.351 e. The van der Waals surface area contributed by atoms with Crippen molar-refractivity contribution in [2.24, 2.45) is 11.8 Å². The van der Waals surface area contributed by atoms with Crippen LogP contribution in [0.25, 0.3) is 11.0 Å². The Bertz CT molecular complexity index is 1220. The number of carbonyl (C=O) groups is 2. The number of hydrogen-bond acceptors (Lipinski definition) is 3. The smallest absolute Gasteiger partial charge is 0.290 e. The summed E-state index contributed by atoms with van der Waals surface area (Å²) >= 11 is 0. The molecule has 0 radical (unpaired) electrons. The molecule has 0 spiro atoms. The van der Waals surface area contributed by atoms with E-state index in [2.05, 4.69) is 36.3 Å². The van der Waals surface area contributed by atoms with Crippen molar-refractivity contribution in [2.75, 3.05) is 6.54 Å². The van der Waals surface area contributed by atoms with Crippen molar-refractivity contribution < 1.29 is 9.59 Å². The average molecular weight is 473 g/mol. The van der Waals surface area contributed by atoms with Crippen molar-refractivity contribution in [3.05, 3.63) is 66.0 Å². The van der Waals surface area contributed by atoms with Crippen LogP contribution < -0.4 is 5.32 Å². The van der Waals surface area contributed by atoms with Gasteiger partial charge in [0, 0.05) is 12.6 Å². The maximum Gasteiger partial charge on any atom is 0.290 e. The second-order valence-corrected chi connectivity index (χ2v) is 10.7. The highest BCUT2D eigenvalue weighted by Gasteiger charge is 2.49. The van der Waals surface area contributed by atoms with Gasteiger partial charge in [0.1, 0.15) is 5.54 Å². The highest BCUT2D eigenvalue weighted by atomic mass is 16.2. The Hall–Kier alpha value is -3.15. The fourth-order valence-corrected chi connectivity index (χ4v) is 5.88. The number of nitrogens with one attached hydrogen (secondary N) is 1. The van der Waals surface area contributed by atoms with E-state index in [-0.39, 0.29) is 17.9 Å². The lowest BCUT2D eigenvalue weighted by Crippen LogP contribution is -2.65. The predicted molar refractivity (Wildman–Crippen MR) is 138 cm³/mol. The van der Waals surface area contributed by atoms with Gasteiger partial charge in [-0.15, -0.1) is 0 Å². The number of hydrogen-bond donors (Lipinski definition) is 1.